The van der Waals surface area contributed by atoms with E-state index in [1.807, 2.05) is 0 Å². The van der Waals surface area contributed by atoms with Crippen molar-refractivity contribution < 1.29 is 19.1 Å². The van der Waals surface area contributed by atoms with Gasteiger partial charge in [-0.25, -0.2) is 4.98 Å². The van der Waals surface area contributed by atoms with Crippen molar-refractivity contribution >= 4 is 52.3 Å². The highest BCUT2D eigenvalue weighted by atomic mass is 32.2. The van der Waals surface area contributed by atoms with Crippen LogP contribution < -0.4 is 10.6 Å². The number of amides is 2. The molecule has 1 aromatic heterocycles. The number of nitrogens with zero attached hydrogens (tertiary/aromatic N) is 1. The molecule has 1 atom stereocenters. The number of esters is 1. The van der Waals surface area contributed by atoms with Crippen LogP contribution in [0.5, 0.6) is 0 Å². The maximum Gasteiger partial charge on any atom is 0.311 e. The number of thioether (sulfide) groups is 1. The number of ether oxygens (including phenoxy) is 1. The molecule has 7 nitrogen and oxygen atoms in total. The Morgan fingerprint density at radius 1 is 1.19 bits per heavy atom. The van der Waals surface area contributed by atoms with Gasteiger partial charge < -0.3 is 15.4 Å². The Balaban J connectivity index is 1.87. The van der Waals surface area contributed by atoms with Gasteiger partial charge in [0.25, 0.3) is 0 Å². The summed E-state index contributed by atoms with van der Waals surface area (Å²) in [7, 11) is 0. The first kappa shape index (κ1) is 20.9. The molecule has 0 saturated heterocycles. The second-order valence-electron chi connectivity index (χ2n) is 5.59. The number of carbonyl (C=O) groups is 3. The second-order valence-corrected chi connectivity index (χ2v) is 8.04. The summed E-state index contributed by atoms with van der Waals surface area (Å²) in [4.78, 5) is 39.2. The average Bonchev–Trinajstić information content (AvgIpc) is 3.03. The van der Waals surface area contributed by atoms with Gasteiger partial charge in [0, 0.05) is 23.7 Å². The van der Waals surface area contributed by atoms with E-state index in [0.717, 1.165) is 4.34 Å². The molecule has 0 aliphatic carbocycles. The van der Waals surface area contributed by atoms with Crippen molar-refractivity contribution in [1.29, 1.82) is 0 Å². The van der Waals surface area contributed by atoms with Crippen molar-refractivity contribution in [3.63, 3.8) is 0 Å². The van der Waals surface area contributed by atoms with Gasteiger partial charge >= 0.3 is 5.97 Å². The average molecular weight is 408 g/mol. The molecule has 0 saturated carbocycles. The Labute approximate surface area is 165 Å². The van der Waals surface area contributed by atoms with Crippen LogP contribution in [-0.2, 0) is 25.5 Å². The van der Waals surface area contributed by atoms with Crippen LogP contribution in [0, 0.1) is 0 Å². The summed E-state index contributed by atoms with van der Waals surface area (Å²) in [6.07, 6.45) is 0.131. The molecule has 2 N–H and O–H groups in total. The van der Waals surface area contributed by atoms with Gasteiger partial charge in [-0.05, 0) is 38.1 Å². The normalized spacial score (nSPS) is 11.5. The van der Waals surface area contributed by atoms with Crippen LogP contribution in [0.1, 0.15) is 26.5 Å². The molecule has 0 spiro atoms. The quantitative estimate of drug-likeness (QED) is 0.515. The zero-order chi connectivity index (χ0) is 19.8. The number of anilines is 2. The SMILES string of the molecule is CCOC(=O)Cc1csc(S[C@@H](C)C(=O)Nc2ccc(NC(C)=O)cc2)n1. The first-order chi connectivity index (χ1) is 12.9. The van der Waals surface area contributed by atoms with Crippen molar-refractivity contribution in [2.24, 2.45) is 0 Å². The van der Waals surface area contributed by atoms with Crippen molar-refractivity contribution in [2.75, 3.05) is 17.2 Å². The molecule has 0 unspecified atom stereocenters. The lowest BCUT2D eigenvalue weighted by molar-refractivity contribution is -0.142. The van der Waals surface area contributed by atoms with E-state index < -0.39 is 0 Å². The topological polar surface area (TPSA) is 97.4 Å². The van der Waals surface area contributed by atoms with Crippen molar-refractivity contribution in [3.05, 3.63) is 35.3 Å². The molecule has 2 aromatic rings. The number of nitrogens with one attached hydrogen (secondary N) is 2. The van der Waals surface area contributed by atoms with Gasteiger partial charge in [-0.15, -0.1) is 11.3 Å². The van der Waals surface area contributed by atoms with Crippen LogP contribution in [0.4, 0.5) is 11.4 Å². The number of carbonyl (C=O) groups excluding carboxylic acids is 3. The first-order valence-electron chi connectivity index (χ1n) is 8.32. The summed E-state index contributed by atoms with van der Waals surface area (Å²) in [6, 6.07) is 6.89. The van der Waals surface area contributed by atoms with Gasteiger partial charge in [0.15, 0.2) is 4.34 Å². The minimum atomic E-state index is -0.360. The molecule has 1 heterocycles. The summed E-state index contributed by atoms with van der Waals surface area (Å²) in [5.41, 5.74) is 1.95. The Morgan fingerprint density at radius 3 is 2.41 bits per heavy atom. The predicted octanol–water partition coefficient (Wildman–Crippen LogP) is 3.33. The number of aromatic nitrogens is 1. The fourth-order valence-corrected chi connectivity index (χ4v) is 4.05. The lowest BCUT2D eigenvalue weighted by atomic mass is 10.2. The van der Waals surface area contributed by atoms with Crippen LogP contribution >= 0.6 is 23.1 Å². The van der Waals surface area contributed by atoms with Gasteiger partial charge in [-0.1, -0.05) is 11.8 Å². The van der Waals surface area contributed by atoms with E-state index >= 15 is 0 Å². The number of thiazole rings is 1. The third-order valence-corrected chi connectivity index (χ3v) is 5.40. The number of hydrogen-bond donors (Lipinski definition) is 2. The fraction of sp³-hybridized carbons (Fsp3) is 0.333. The van der Waals surface area contributed by atoms with Gasteiger partial charge in [0.05, 0.1) is 24.0 Å². The van der Waals surface area contributed by atoms with Crippen LogP contribution in [0.25, 0.3) is 0 Å². The molecule has 27 heavy (non-hydrogen) atoms. The largest absolute Gasteiger partial charge is 0.466 e. The molecule has 9 heteroatoms. The van der Waals surface area contributed by atoms with Crippen LogP contribution in [0.15, 0.2) is 34.0 Å². The minimum Gasteiger partial charge on any atom is -0.466 e. The van der Waals surface area contributed by atoms with Crippen LogP contribution in [-0.4, -0.2) is 34.6 Å². The zero-order valence-corrected chi connectivity index (χ0v) is 16.9. The van der Waals surface area contributed by atoms with Crippen molar-refractivity contribution in [3.8, 4) is 0 Å². The maximum atomic E-state index is 12.4. The smallest absolute Gasteiger partial charge is 0.311 e. The first-order valence-corrected chi connectivity index (χ1v) is 10.1. The third-order valence-electron chi connectivity index (χ3n) is 3.28. The molecule has 2 rings (SSSR count). The lowest BCUT2D eigenvalue weighted by Gasteiger charge is -2.11. The predicted molar refractivity (Wildman–Crippen MR) is 107 cm³/mol. The Kier molecular flexibility index (Phi) is 7.81. The van der Waals surface area contributed by atoms with E-state index in [0.29, 0.717) is 23.7 Å². The second kappa shape index (κ2) is 10.1. The summed E-state index contributed by atoms with van der Waals surface area (Å²) >= 11 is 2.72. The molecule has 1 aromatic carbocycles. The van der Waals surface area contributed by atoms with E-state index in [2.05, 4.69) is 15.6 Å². The van der Waals surface area contributed by atoms with E-state index in [1.54, 1.807) is 43.5 Å². The molecule has 0 bridgehead atoms. The molecule has 0 aliphatic heterocycles. The summed E-state index contributed by atoms with van der Waals surface area (Å²) < 4.78 is 5.62. The standard InChI is InChI=1S/C18H21N3O4S2/c1-4-25-16(23)9-15-10-26-18(21-15)27-11(2)17(24)20-14-7-5-13(6-8-14)19-12(3)22/h5-8,10-11H,4,9H2,1-3H3,(H,19,22)(H,20,24)/t11-/m0/s1. The van der Waals surface area contributed by atoms with Crippen molar-refractivity contribution in [2.45, 2.75) is 36.8 Å². The number of rotatable bonds is 8. The Bertz CT molecular complexity index is 805. The Morgan fingerprint density at radius 2 is 1.81 bits per heavy atom. The van der Waals surface area contributed by atoms with Gasteiger partial charge in [0.2, 0.25) is 11.8 Å². The van der Waals surface area contributed by atoms with E-state index in [9.17, 15) is 14.4 Å². The summed E-state index contributed by atoms with van der Waals surface area (Å²) in [6.45, 7) is 5.32. The van der Waals surface area contributed by atoms with E-state index in [4.69, 9.17) is 4.74 Å². The number of hydrogen-bond acceptors (Lipinski definition) is 7. The Hall–Kier alpha value is -2.39. The van der Waals surface area contributed by atoms with Crippen molar-refractivity contribution in [1.82, 2.24) is 4.98 Å². The monoisotopic (exact) mass is 407 g/mol. The van der Waals surface area contributed by atoms with Gasteiger partial charge in [-0.3, -0.25) is 14.4 Å². The number of benzene rings is 1. The highest BCUT2D eigenvalue weighted by Crippen LogP contribution is 2.28. The van der Waals surface area contributed by atoms with Crippen LogP contribution in [0.2, 0.25) is 0 Å². The van der Waals surface area contributed by atoms with Gasteiger partial charge in [-0.2, -0.15) is 0 Å². The van der Waals surface area contributed by atoms with Gasteiger partial charge in [0.1, 0.15) is 0 Å². The highest BCUT2D eigenvalue weighted by Gasteiger charge is 2.17. The molecule has 0 aliphatic rings. The fourth-order valence-electron chi connectivity index (χ4n) is 2.07. The molecule has 144 valence electrons. The molecule has 2 amide bonds. The molecule has 0 radical (unpaired) electrons. The lowest BCUT2D eigenvalue weighted by Crippen LogP contribution is -2.22. The molecular weight excluding hydrogens is 386 g/mol. The van der Waals surface area contributed by atoms with E-state index in [-0.39, 0.29) is 29.5 Å². The molecule has 0 fully saturated rings. The maximum absolute atomic E-state index is 12.4. The van der Waals surface area contributed by atoms with Crippen LogP contribution in [0.3, 0.4) is 0 Å². The third kappa shape index (κ3) is 7.03. The molecular formula is C18H21N3O4S2. The summed E-state index contributed by atoms with van der Waals surface area (Å²) in [5, 5.41) is 6.93. The zero-order valence-electron chi connectivity index (χ0n) is 15.3. The highest BCUT2D eigenvalue weighted by molar-refractivity contribution is 8.02. The summed E-state index contributed by atoms with van der Waals surface area (Å²) in [5.74, 6) is -0.621. The van der Waals surface area contributed by atoms with E-state index in [1.165, 1.54) is 30.0 Å². The minimum absolute atomic E-state index is 0.131.